The molecule has 0 aromatic heterocycles. The summed E-state index contributed by atoms with van der Waals surface area (Å²) in [6, 6.07) is -0.357. The summed E-state index contributed by atoms with van der Waals surface area (Å²) < 4.78 is 72.4. The second kappa shape index (κ2) is 67.2. The number of nitrogens with zero attached hydrogens (tertiary/aromatic N) is 1. The van der Waals surface area contributed by atoms with E-state index in [1.165, 1.54) is 78.8 Å². The molecule has 828 valence electrons. The molecule has 44 nitrogen and oxygen atoms in total. The second-order valence-corrected chi connectivity index (χ2v) is 38.5. The molecule has 0 spiro atoms. The number of carbonyl (C=O) groups excluding carboxylic acids is 18. The molecule has 5 aliphatic heterocycles. The highest BCUT2D eigenvalue weighted by atomic mass is 16.7. The zero-order valence-electron chi connectivity index (χ0n) is 88.9. The van der Waals surface area contributed by atoms with Gasteiger partial charge in [-0.05, 0) is 158 Å². The Kier molecular flexibility index (Phi) is 57.1. The summed E-state index contributed by atoms with van der Waals surface area (Å²) in [6.07, 6.45) is 5.22. The van der Waals surface area contributed by atoms with E-state index in [-0.39, 0.29) is 224 Å². The van der Waals surface area contributed by atoms with Crippen LogP contribution in [0.1, 0.15) is 298 Å². The molecule has 4 saturated heterocycles. The fraction of sp³-hybridized carbons (Fsp3) is 0.748. The fourth-order valence-electron chi connectivity index (χ4n) is 18.5. The Bertz CT molecular complexity index is 4410. The summed E-state index contributed by atoms with van der Waals surface area (Å²) in [7, 11) is 0. The molecule has 6 rings (SSSR count). The quantitative estimate of drug-likeness (QED) is 0.0173. The second-order valence-electron chi connectivity index (χ2n) is 38.5. The van der Waals surface area contributed by atoms with E-state index in [2.05, 4.69) is 83.0 Å². The lowest BCUT2D eigenvalue weighted by molar-refractivity contribution is -0.256. The van der Waals surface area contributed by atoms with Gasteiger partial charge in [-0.15, -0.1) is 0 Å². The average Bonchev–Trinajstić information content (AvgIpc) is 1.40. The average molecular weight is 2080 g/mol. The highest BCUT2D eigenvalue weighted by Gasteiger charge is 2.50. The molecule has 147 heavy (non-hydrogen) atoms. The van der Waals surface area contributed by atoms with Crippen LogP contribution >= 0.6 is 0 Å². The molecule has 20 unspecified atom stereocenters. The van der Waals surface area contributed by atoms with Crippen molar-refractivity contribution in [3.8, 4) is 5.75 Å². The molecular weight excluding hydrogens is 1910 g/mol. The fourth-order valence-corrected chi connectivity index (χ4v) is 18.5. The van der Waals surface area contributed by atoms with Gasteiger partial charge in [-0.1, -0.05) is 68.7 Å². The van der Waals surface area contributed by atoms with Gasteiger partial charge in [0.25, 0.3) is 23.6 Å². The SMILES string of the molecule is CCC1OC(OCCCCC(=O)N[C@@H](CCCCNC(=O)CCCCOC2OC(CC)C(OC(C)=O)C(C)C2NC(C)=O)C(=O)NCCNC(=O)c2cc(OCCNC(=O)CCCCCN3C(=O)C=CC3=O)cc(C(=O)NCCNC(=O)[C@H](CCCCNC(=O)CCCCOC3OC(CC)C(OC(C)=O)C(C)C3NC(C)=O)NC(=O)CCCCOC3OC(CC)C(OC(C)=O)C(C)C3NC(C)=O)c2)C(NC(C)=O)C(C)C1C. The Morgan fingerprint density at radius 3 is 0.973 bits per heavy atom. The van der Waals surface area contributed by atoms with E-state index >= 15 is 0 Å². The Hall–Kier alpha value is -10.9. The molecular formula is C103H166N14O30. The van der Waals surface area contributed by atoms with Gasteiger partial charge in [0.05, 0.1) is 55.1 Å². The summed E-state index contributed by atoms with van der Waals surface area (Å²) in [5.41, 5.74) is -0.114. The number of hydrogen-bond donors (Lipinski definition) is 13. The smallest absolute Gasteiger partial charge is 0.303 e. The number of esters is 3. The first kappa shape index (κ1) is 125. The minimum Gasteiger partial charge on any atom is -0.492 e. The summed E-state index contributed by atoms with van der Waals surface area (Å²) in [5.74, 6) is -8.37. The number of imide groups is 1. The zero-order chi connectivity index (χ0) is 108. The minimum absolute atomic E-state index is 0.00345. The molecule has 0 aliphatic carbocycles. The van der Waals surface area contributed by atoms with E-state index in [0.29, 0.717) is 116 Å². The van der Waals surface area contributed by atoms with Crippen LogP contribution < -0.4 is 73.9 Å². The third-order valence-corrected chi connectivity index (χ3v) is 26.6. The topological polar surface area (TPSA) is 578 Å². The molecule has 22 atom stereocenters. The van der Waals surface area contributed by atoms with Crippen LogP contribution in [0, 0.1) is 29.6 Å². The largest absolute Gasteiger partial charge is 0.492 e. The highest BCUT2D eigenvalue weighted by molar-refractivity contribution is 6.13. The first-order chi connectivity index (χ1) is 70.2. The van der Waals surface area contributed by atoms with E-state index in [4.69, 9.17) is 56.8 Å². The van der Waals surface area contributed by atoms with Gasteiger partial charge >= 0.3 is 17.9 Å². The van der Waals surface area contributed by atoms with Crippen molar-refractivity contribution in [2.24, 2.45) is 29.6 Å². The number of carbonyl (C=O) groups is 18. The van der Waals surface area contributed by atoms with Crippen LogP contribution in [0.4, 0.5) is 0 Å². The zero-order valence-corrected chi connectivity index (χ0v) is 88.9. The number of benzene rings is 1. The van der Waals surface area contributed by atoms with Crippen molar-refractivity contribution in [2.75, 3.05) is 85.4 Å². The molecule has 44 heteroatoms. The standard InChI is InChI=1S/C103H166N14O30/c1-17-78-61(5)62(6)89(111-66(10)118)100(144-78)137-55-34-27-41-85(128)115-76(36-23-29-45-104-82(125)39-25-32-53-138-101-90(112-67(11)119)63(7)93(141-70(14)122)79(18-2)145-101)98(134)109-49-47-107-96(132)73-58-74(60-75(59-73)136-57-51-106-84(127)38-22-21-31-52-117-87(130)43-44-88(117)131)97(133)108-48-50-110-99(135)77(116-86(129)42-28-35-56-140-103-92(114-69(13)121)65(9)95(143-72(16)124)81(20-4)147-103)37-24-30-46-105-83(126)40-26-33-54-139-102-91(113-68(12)120)64(8)94(142-71(15)123)80(19-3)146-102/h43-44,58-65,76-81,89-95,100-103H,17-42,45-57H2,1-16H3,(H,104,125)(H,105,126)(H,106,127)(H,107,132)(H,108,133)(H,109,134)(H,110,135)(H,111,118)(H,112,119)(H,113,120)(H,114,121)(H,115,128)(H,116,129)/t61?,62?,63?,64?,65?,76-,77-,78?,79?,80?,81?,89?,90?,91?,92?,93?,94?,95?,100?,101?,102?,103?/m0/s1. The Morgan fingerprint density at radius 1 is 0.327 bits per heavy atom. The number of amides is 15. The van der Waals surface area contributed by atoms with E-state index in [0.717, 1.165) is 11.3 Å². The lowest BCUT2D eigenvalue weighted by Gasteiger charge is -2.44. The highest BCUT2D eigenvalue weighted by Crippen LogP contribution is 2.37. The summed E-state index contributed by atoms with van der Waals surface area (Å²) >= 11 is 0. The van der Waals surface area contributed by atoms with Crippen molar-refractivity contribution in [3.63, 3.8) is 0 Å². The van der Waals surface area contributed by atoms with Gasteiger partial charge in [-0.25, -0.2) is 0 Å². The van der Waals surface area contributed by atoms with Gasteiger partial charge in [0.15, 0.2) is 25.2 Å². The van der Waals surface area contributed by atoms with Crippen LogP contribution in [-0.4, -0.2) is 301 Å². The summed E-state index contributed by atoms with van der Waals surface area (Å²) in [4.78, 5) is 234. The number of rotatable bonds is 67. The van der Waals surface area contributed by atoms with Gasteiger partial charge in [-0.2, -0.15) is 0 Å². The first-order valence-corrected chi connectivity index (χ1v) is 52.7. The Balaban J connectivity index is 1.09. The van der Waals surface area contributed by atoms with Crippen LogP contribution in [0.2, 0.25) is 0 Å². The number of ether oxygens (including phenoxy) is 12. The van der Waals surface area contributed by atoms with Crippen molar-refractivity contribution in [1.29, 1.82) is 0 Å². The predicted octanol–water partition coefficient (Wildman–Crippen LogP) is 5.18. The van der Waals surface area contributed by atoms with E-state index < -0.39 is 163 Å². The molecule has 0 saturated carbocycles. The van der Waals surface area contributed by atoms with Gasteiger partial charge < -0.3 is 126 Å². The molecule has 5 aliphatic rings. The van der Waals surface area contributed by atoms with E-state index in [1.54, 1.807) is 0 Å². The van der Waals surface area contributed by atoms with Crippen molar-refractivity contribution < 1.29 is 143 Å². The number of unbranched alkanes of at least 4 members (excludes halogenated alkanes) is 8. The van der Waals surface area contributed by atoms with E-state index in [1.807, 2.05) is 48.5 Å². The molecule has 1 aromatic rings. The maximum absolute atomic E-state index is 14.3. The lowest BCUT2D eigenvalue weighted by Crippen LogP contribution is -2.61. The molecule has 4 fully saturated rings. The molecule has 0 radical (unpaired) electrons. The molecule has 5 heterocycles. The van der Waals surface area contributed by atoms with Gasteiger partial charge in [-0.3, -0.25) is 91.2 Å². The monoisotopic (exact) mass is 2080 g/mol. The number of hydrogen-bond acceptors (Lipinski definition) is 30. The Morgan fingerprint density at radius 2 is 0.639 bits per heavy atom. The molecule has 1 aromatic carbocycles. The van der Waals surface area contributed by atoms with Crippen LogP contribution in [-0.2, 0) is 129 Å². The third-order valence-electron chi connectivity index (χ3n) is 26.6. The molecule has 13 N–H and O–H groups in total. The summed E-state index contributed by atoms with van der Waals surface area (Å²) in [5, 5.41) is 37.0. The minimum atomic E-state index is -1.09. The maximum atomic E-state index is 14.3. The molecule has 15 amide bonds. The summed E-state index contributed by atoms with van der Waals surface area (Å²) in [6.45, 7) is 27.6. The first-order valence-electron chi connectivity index (χ1n) is 52.7. The molecule has 0 bridgehead atoms. The van der Waals surface area contributed by atoms with Crippen molar-refractivity contribution in [2.45, 2.75) is 382 Å². The Labute approximate surface area is 863 Å². The van der Waals surface area contributed by atoms with Gasteiger partial charge in [0, 0.05) is 194 Å². The maximum Gasteiger partial charge on any atom is 0.303 e. The van der Waals surface area contributed by atoms with Crippen LogP contribution in [0.15, 0.2) is 30.4 Å². The van der Waals surface area contributed by atoms with Crippen molar-refractivity contribution >= 4 is 107 Å². The third kappa shape index (κ3) is 44.8. The van der Waals surface area contributed by atoms with Crippen LogP contribution in [0.3, 0.4) is 0 Å². The number of nitrogens with one attached hydrogen (secondary N) is 13. The van der Waals surface area contributed by atoms with Crippen LogP contribution in [0.5, 0.6) is 5.75 Å². The van der Waals surface area contributed by atoms with E-state index in [9.17, 15) is 86.3 Å². The van der Waals surface area contributed by atoms with Crippen molar-refractivity contribution in [1.82, 2.24) is 74.0 Å². The van der Waals surface area contributed by atoms with Crippen molar-refractivity contribution in [3.05, 3.63) is 41.5 Å². The van der Waals surface area contributed by atoms with Gasteiger partial charge in [0.2, 0.25) is 65.0 Å². The lowest BCUT2D eigenvalue weighted by atomic mass is 9.81. The van der Waals surface area contributed by atoms with Gasteiger partial charge in [0.1, 0.15) is 42.8 Å². The normalized spacial score (nSPS) is 24.5. The predicted molar refractivity (Wildman–Crippen MR) is 535 cm³/mol. The van der Waals surface area contributed by atoms with Crippen LogP contribution in [0.25, 0.3) is 0 Å².